The van der Waals surface area contributed by atoms with Gasteiger partial charge in [-0.05, 0) is 71.5 Å². The maximum Gasteiger partial charge on any atom is 0.303 e. The molecule has 0 amide bonds. The van der Waals surface area contributed by atoms with Crippen LogP contribution in [-0.4, -0.2) is 26.0 Å². The van der Waals surface area contributed by atoms with Crippen LogP contribution in [0.3, 0.4) is 0 Å². The summed E-state index contributed by atoms with van der Waals surface area (Å²) in [4.78, 5) is 10.7. The van der Waals surface area contributed by atoms with Crippen LogP contribution in [0.4, 0.5) is 5.69 Å². The van der Waals surface area contributed by atoms with Crippen molar-refractivity contribution in [1.82, 2.24) is 0 Å². The van der Waals surface area contributed by atoms with Gasteiger partial charge in [0.1, 0.15) is 4.90 Å². The lowest BCUT2D eigenvalue weighted by molar-refractivity contribution is -0.137. The summed E-state index contributed by atoms with van der Waals surface area (Å²) in [7, 11) is -4.00. The molecule has 0 aliphatic heterocycles. The largest absolute Gasteiger partial charge is 0.481 e. The third-order valence-electron chi connectivity index (χ3n) is 3.33. The fraction of sp³-hybridized carbons (Fsp3) is 0.188. The van der Waals surface area contributed by atoms with Crippen molar-refractivity contribution >= 4 is 67.5 Å². The summed E-state index contributed by atoms with van der Waals surface area (Å²) >= 11 is 14.1. The normalized spacial score (nSPS) is 11.3. The second-order valence-electron chi connectivity index (χ2n) is 5.13. The molecule has 0 heterocycles. The summed E-state index contributed by atoms with van der Waals surface area (Å²) in [6.45, 7) is 0.0120. The Bertz CT molecular complexity index is 872. The van der Waals surface area contributed by atoms with Gasteiger partial charge in [-0.2, -0.15) is 0 Å². The number of aliphatic carboxylic acids is 1. The molecule has 0 aliphatic carbocycles. The number of rotatable bonds is 7. The molecule has 1 N–H and O–H groups in total. The first-order valence-corrected chi connectivity index (χ1v) is 10.4. The van der Waals surface area contributed by atoms with Crippen LogP contribution in [0.5, 0.6) is 0 Å². The Morgan fingerprint density at radius 3 is 2.36 bits per heavy atom. The third-order valence-corrected chi connectivity index (χ3v) is 6.59. The van der Waals surface area contributed by atoms with Gasteiger partial charge in [0.25, 0.3) is 10.0 Å². The monoisotopic (exact) mass is 513 g/mol. The van der Waals surface area contributed by atoms with Crippen LogP contribution < -0.4 is 4.31 Å². The van der Waals surface area contributed by atoms with Crippen LogP contribution in [0.25, 0.3) is 0 Å². The highest BCUT2D eigenvalue weighted by Crippen LogP contribution is 2.31. The van der Waals surface area contributed by atoms with Crippen molar-refractivity contribution in [2.24, 2.45) is 0 Å². The molecule has 0 unspecified atom stereocenters. The van der Waals surface area contributed by atoms with Crippen LogP contribution >= 0.6 is 45.8 Å². The van der Waals surface area contributed by atoms with E-state index in [0.717, 1.165) is 7.88 Å². The maximum atomic E-state index is 13.1. The minimum Gasteiger partial charge on any atom is -0.481 e. The van der Waals surface area contributed by atoms with E-state index >= 15 is 0 Å². The molecule has 0 aromatic heterocycles. The molecule has 134 valence electrons. The number of halogens is 3. The van der Waals surface area contributed by atoms with Gasteiger partial charge in [-0.3, -0.25) is 9.10 Å². The molecule has 0 fully saturated rings. The summed E-state index contributed by atoms with van der Waals surface area (Å²) in [6.07, 6.45) is 0.0262. The van der Waals surface area contributed by atoms with Crippen molar-refractivity contribution in [1.29, 1.82) is 0 Å². The number of sulfonamides is 1. The number of carboxylic acids is 1. The number of hydrogen-bond donors (Lipinski definition) is 1. The molecule has 9 heteroatoms. The first-order valence-electron chi connectivity index (χ1n) is 7.17. The Hall–Kier alpha value is -1.03. The highest BCUT2D eigenvalue weighted by Gasteiger charge is 2.27. The van der Waals surface area contributed by atoms with E-state index in [1.807, 2.05) is 0 Å². The van der Waals surface area contributed by atoms with E-state index in [0.29, 0.717) is 5.69 Å². The lowest BCUT2D eigenvalue weighted by Crippen LogP contribution is -2.32. The van der Waals surface area contributed by atoms with E-state index in [1.165, 1.54) is 18.2 Å². The van der Waals surface area contributed by atoms with Crippen molar-refractivity contribution in [2.75, 3.05) is 10.8 Å². The SMILES string of the molecule is O=C(O)CCCN(c1ccc(I)cc1)S(=O)(=O)c1cc(Cl)ccc1Cl. The Balaban J connectivity index is 2.47. The summed E-state index contributed by atoms with van der Waals surface area (Å²) in [6, 6.07) is 11.1. The zero-order valence-corrected chi connectivity index (χ0v) is 17.3. The van der Waals surface area contributed by atoms with Crippen LogP contribution in [0.1, 0.15) is 12.8 Å². The Morgan fingerprint density at radius 1 is 1.12 bits per heavy atom. The molecule has 5 nitrogen and oxygen atoms in total. The molecule has 0 spiro atoms. The van der Waals surface area contributed by atoms with E-state index in [-0.39, 0.29) is 34.3 Å². The topological polar surface area (TPSA) is 74.7 Å². The lowest BCUT2D eigenvalue weighted by Gasteiger charge is -2.25. The van der Waals surface area contributed by atoms with E-state index in [1.54, 1.807) is 24.3 Å². The molecule has 2 aromatic carbocycles. The van der Waals surface area contributed by atoms with Crippen molar-refractivity contribution in [3.05, 3.63) is 56.1 Å². The quantitative estimate of drug-likeness (QED) is 0.546. The number of anilines is 1. The molecular formula is C16H14Cl2INO4S. The minimum atomic E-state index is -4.00. The molecule has 0 saturated heterocycles. The van der Waals surface area contributed by atoms with E-state index in [2.05, 4.69) is 22.6 Å². The van der Waals surface area contributed by atoms with Crippen molar-refractivity contribution in [3.63, 3.8) is 0 Å². The van der Waals surface area contributed by atoms with Crippen LogP contribution in [0.15, 0.2) is 47.4 Å². The van der Waals surface area contributed by atoms with Crippen LogP contribution in [-0.2, 0) is 14.8 Å². The predicted molar refractivity (Wildman–Crippen MR) is 107 cm³/mol. The third kappa shape index (κ3) is 5.22. The fourth-order valence-electron chi connectivity index (χ4n) is 2.16. The minimum absolute atomic E-state index is 0.0120. The van der Waals surface area contributed by atoms with Gasteiger partial charge >= 0.3 is 5.97 Å². The average Bonchev–Trinajstić information content (AvgIpc) is 2.54. The second kappa shape index (κ2) is 8.57. The fourth-order valence-corrected chi connectivity index (χ4v) is 4.77. The van der Waals surface area contributed by atoms with Gasteiger partial charge in [-0.1, -0.05) is 23.2 Å². The molecule has 2 aromatic rings. The van der Waals surface area contributed by atoms with Crippen molar-refractivity contribution in [3.8, 4) is 0 Å². The van der Waals surface area contributed by atoms with Crippen LogP contribution in [0, 0.1) is 3.57 Å². The summed E-state index contributed by atoms with van der Waals surface area (Å²) < 4.78 is 28.3. The van der Waals surface area contributed by atoms with E-state index in [4.69, 9.17) is 28.3 Å². The van der Waals surface area contributed by atoms with Crippen molar-refractivity contribution < 1.29 is 18.3 Å². The van der Waals surface area contributed by atoms with E-state index < -0.39 is 16.0 Å². The van der Waals surface area contributed by atoms with Gasteiger partial charge < -0.3 is 5.11 Å². The van der Waals surface area contributed by atoms with Gasteiger partial charge in [0, 0.05) is 21.6 Å². The molecule has 2 rings (SSSR count). The first-order chi connectivity index (χ1) is 11.7. The number of nitrogens with zero attached hydrogens (tertiary/aromatic N) is 1. The first kappa shape index (κ1) is 20.3. The second-order valence-corrected chi connectivity index (χ2v) is 9.05. The summed E-state index contributed by atoms with van der Waals surface area (Å²) in [5.41, 5.74) is 0.432. The molecule has 25 heavy (non-hydrogen) atoms. The molecule has 0 radical (unpaired) electrons. The molecule has 0 atom stereocenters. The predicted octanol–water partition coefficient (Wildman–Crippen LogP) is 4.66. The number of carboxylic acid groups (broad SMARTS) is 1. The smallest absolute Gasteiger partial charge is 0.303 e. The number of carbonyl (C=O) groups is 1. The molecule has 0 aliphatic rings. The standard InChI is InChI=1S/C16H14Cl2INO4S/c17-11-3-8-14(18)15(10-11)25(23,24)20(9-1-2-16(21)22)13-6-4-12(19)5-7-13/h3-8,10H,1-2,9H2,(H,21,22). The Labute approximate surface area is 169 Å². The molecule has 0 bridgehead atoms. The van der Waals surface area contributed by atoms with Gasteiger partial charge in [-0.15, -0.1) is 0 Å². The molecule has 0 saturated carbocycles. The summed E-state index contributed by atoms with van der Waals surface area (Å²) in [5.74, 6) is -0.985. The number of hydrogen-bond acceptors (Lipinski definition) is 3. The van der Waals surface area contributed by atoms with Gasteiger partial charge in [0.2, 0.25) is 0 Å². The van der Waals surface area contributed by atoms with Gasteiger partial charge in [0.05, 0.1) is 10.7 Å². The lowest BCUT2D eigenvalue weighted by atomic mass is 10.3. The number of benzene rings is 2. The zero-order chi connectivity index (χ0) is 18.6. The highest BCUT2D eigenvalue weighted by molar-refractivity contribution is 14.1. The maximum absolute atomic E-state index is 13.1. The average molecular weight is 514 g/mol. The Morgan fingerprint density at radius 2 is 1.76 bits per heavy atom. The van der Waals surface area contributed by atoms with Gasteiger partial charge in [-0.25, -0.2) is 8.42 Å². The Kier molecular flexibility index (Phi) is 6.95. The van der Waals surface area contributed by atoms with Crippen molar-refractivity contribution in [2.45, 2.75) is 17.7 Å². The van der Waals surface area contributed by atoms with Crippen LogP contribution in [0.2, 0.25) is 10.0 Å². The highest BCUT2D eigenvalue weighted by atomic mass is 127. The molecular weight excluding hydrogens is 500 g/mol. The summed E-state index contributed by atoms with van der Waals surface area (Å²) in [5, 5.41) is 9.13. The zero-order valence-electron chi connectivity index (χ0n) is 12.8. The van der Waals surface area contributed by atoms with Gasteiger partial charge in [0.15, 0.2) is 0 Å². The van der Waals surface area contributed by atoms with E-state index in [9.17, 15) is 13.2 Å².